The molecule has 0 bridgehead atoms. The number of likely N-dealkylation sites (tertiary alicyclic amines) is 1. The van der Waals surface area contributed by atoms with Gasteiger partial charge in [-0.15, -0.1) is 0 Å². The minimum absolute atomic E-state index is 0.0964. The molecule has 140 valence electrons. The number of carbonyl (C=O) groups is 2. The number of benzene rings is 1. The van der Waals surface area contributed by atoms with Crippen molar-refractivity contribution in [1.82, 2.24) is 9.88 Å². The molecule has 0 spiro atoms. The highest BCUT2D eigenvalue weighted by Gasteiger charge is 2.46. The summed E-state index contributed by atoms with van der Waals surface area (Å²) in [4.78, 5) is 30.8. The number of aromatic nitrogens is 1. The summed E-state index contributed by atoms with van der Waals surface area (Å²) in [6.07, 6.45) is 1.83. The fourth-order valence-corrected chi connectivity index (χ4v) is 3.52. The predicted octanol–water partition coefficient (Wildman–Crippen LogP) is 3.19. The number of aliphatic hydroxyl groups excluding tert-OH is 2. The molecule has 6 nitrogen and oxygen atoms in total. The topological polar surface area (TPSA) is 90.7 Å². The number of rotatable bonds is 5. The first-order valence-corrected chi connectivity index (χ1v) is 8.97. The van der Waals surface area contributed by atoms with E-state index in [1.165, 1.54) is 29.3 Å². The van der Waals surface area contributed by atoms with E-state index in [9.17, 15) is 14.7 Å². The standard InChI is InChI=1S/C19H16Cl2N2O4/c20-11-5-6-12(13(21)10-11)17(25)15-16(14-4-1-2-7-22-14)23(8-3-9-24)19(27)18(15)26/h1-2,4-7,10,16,24-25H,3,8-9H2. The van der Waals surface area contributed by atoms with Crippen LogP contribution in [0.25, 0.3) is 5.76 Å². The number of ketones is 1. The summed E-state index contributed by atoms with van der Waals surface area (Å²) in [5.41, 5.74) is 0.532. The van der Waals surface area contributed by atoms with Gasteiger partial charge in [0, 0.05) is 29.9 Å². The molecule has 1 saturated heterocycles. The third-order valence-electron chi connectivity index (χ3n) is 4.25. The van der Waals surface area contributed by atoms with Gasteiger partial charge in [0.25, 0.3) is 11.7 Å². The zero-order chi connectivity index (χ0) is 19.6. The average molecular weight is 407 g/mol. The molecule has 2 heterocycles. The van der Waals surface area contributed by atoms with Crippen molar-refractivity contribution in [2.75, 3.05) is 13.2 Å². The minimum atomic E-state index is -0.871. The third-order valence-corrected chi connectivity index (χ3v) is 4.80. The van der Waals surface area contributed by atoms with Gasteiger partial charge >= 0.3 is 0 Å². The van der Waals surface area contributed by atoms with E-state index in [0.717, 1.165) is 0 Å². The van der Waals surface area contributed by atoms with E-state index in [2.05, 4.69) is 4.98 Å². The van der Waals surface area contributed by atoms with Crippen molar-refractivity contribution >= 4 is 40.7 Å². The van der Waals surface area contributed by atoms with Gasteiger partial charge in [0.1, 0.15) is 11.8 Å². The summed E-state index contributed by atoms with van der Waals surface area (Å²) in [7, 11) is 0. The van der Waals surface area contributed by atoms with Crippen LogP contribution in [0.4, 0.5) is 0 Å². The van der Waals surface area contributed by atoms with Crippen molar-refractivity contribution in [2.45, 2.75) is 12.5 Å². The lowest BCUT2D eigenvalue weighted by atomic mass is 9.98. The monoisotopic (exact) mass is 406 g/mol. The summed E-state index contributed by atoms with van der Waals surface area (Å²) in [6.45, 7) is 0.00833. The van der Waals surface area contributed by atoms with Crippen LogP contribution in [0, 0.1) is 0 Å². The molecular weight excluding hydrogens is 391 g/mol. The first-order chi connectivity index (χ1) is 13.0. The molecule has 1 unspecified atom stereocenters. The van der Waals surface area contributed by atoms with Crippen LogP contribution >= 0.6 is 23.2 Å². The Bertz CT molecular complexity index is 915. The molecule has 3 rings (SSSR count). The number of hydrogen-bond acceptors (Lipinski definition) is 5. The summed E-state index contributed by atoms with van der Waals surface area (Å²) in [5, 5.41) is 20.5. The summed E-state index contributed by atoms with van der Waals surface area (Å²) in [5.74, 6) is -1.98. The van der Waals surface area contributed by atoms with Crippen molar-refractivity contribution < 1.29 is 19.8 Å². The number of nitrogens with zero attached hydrogens (tertiary/aromatic N) is 2. The molecule has 1 aromatic carbocycles. The number of halogens is 2. The second-order valence-electron chi connectivity index (χ2n) is 5.95. The Morgan fingerprint density at radius 3 is 2.59 bits per heavy atom. The lowest BCUT2D eigenvalue weighted by Crippen LogP contribution is -2.31. The number of pyridine rings is 1. The summed E-state index contributed by atoms with van der Waals surface area (Å²) in [6, 6.07) is 8.68. The van der Waals surface area contributed by atoms with Gasteiger partial charge in [-0.1, -0.05) is 29.3 Å². The largest absolute Gasteiger partial charge is 0.507 e. The van der Waals surface area contributed by atoms with E-state index in [4.69, 9.17) is 28.3 Å². The highest BCUT2D eigenvalue weighted by Crippen LogP contribution is 2.40. The van der Waals surface area contributed by atoms with Gasteiger partial charge in [0.15, 0.2) is 0 Å². The maximum absolute atomic E-state index is 12.7. The first-order valence-electron chi connectivity index (χ1n) is 8.21. The maximum Gasteiger partial charge on any atom is 0.295 e. The van der Waals surface area contributed by atoms with E-state index in [1.807, 2.05) is 0 Å². The second-order valence-corrected chi connectivity index (χ2v) is 6.79. The van der Waals surface area contributed by atoms with Gasteiger partial charge < -0.3 is 15.1 Å². The number of Topliss-reactive ketones (excluding diaryl/α,β-unsaturated/α-hetero) is 1. The Balaban J connectivity index is 2.18. The smallest absolute Gasteiger partial charge is 0.295 e. The maximum atomic E-state index is 12.7. The molecule has 8 heteroatoms. The van der Waals surface area contributed by atoms with E-state index < -0.39 is 23.5 Å². The van der Waals surface area contributed by atoms with Crippen LogP contribution in [-0.2, 0) is 9.59 Å². The van der Waals surface area contributed by atoms with E-state index in [0.29, 0.717) is 10.7 Å². The molecule has 1 atom stereocenters. The number of hydrogen-bond donors (Lipinski definition) is 2. The average Bonchev–Trinajstić information content (AvgIpc) is 2.91. The van der Waals surface area contributed by atoms with Crippen molar-refractivity contribution in [3.05, 3.63) is 69.5 Å². The molecule has 1 amide bonds. The van der Waals surface area contributed by atoms with Gasteiger partial charge in [-0.05, 0) is 36.8 Å². The van der Waals surface area contributed by atoms with Crippen LogP contribution in [0.3, 0.4) is 0 Å². The van der Waals surface area contributed by atoms with Crippen molar-refractivity contribution in [1.29, 1.82) is 0 Å². The molecule has 0 radical (unpaired) electrons. The molecular formula is C19H16Cl2N2O4. The highest BCUT2D eigenvalue weighted by molar-refractivity contribution is 6.47. The molecule has 1 fully saturated rings. The zero-order valence-electron chi connectivity index (χ0n) is 14.1. The zero-order valence-corrected chi connectivity index (χ0v) is 15.6. The van der Waals surface area contributed by atoms with Crippen molar-refractivity contribution in [3.8, 4) is 0 Å². The Hall–Kier alpha value is -2.41. The lowest BCUT2D eigenvalue weighted by Gasteiger charge is -2.24. The highest BCUT2D eigenvalue weighted by atomic mass is 35.5. The van der Waals surface area contributed by atoms with Crippen LogP contribution in [0.15, 0.2) is 48.2 Å². The number of carbonyl (C=O) groups excluding carboxylic acids is 2. The minimum Gasteiger partial charge on any atom is -0.507 e. The Morgan fingerprint density at radius 2 is 1.96 bits per heavy atom. The second kappa shape index (κ2) is 8.08. The van der Waals surface area contributed by atoms with Gasteiger partial charge in [0.2, 0.25) is 0 Å². The number of aliphatic hydroxyl groups is 2. The molecule has 0 saturated carbocycles. The van der Waals surface area contributed by atoms with Gasteiger partial charge in [0.05, 0.1) is 16.3 Å². The molecule has 2 aromatic rings. The SMILES string of the molecule is O=C1C(=O)N(CCCO)C(c2ccccn2)C1=C(O)c1ccc(Cl)cc1Cl. The van der Waals surface area contributed by atoms with E-state index in [-0.39, 0.29) is 35.7 Å². The van der Waals surface area contributed by atoms with Crippen LogP contribution in [-0.4, -0.2) is 44.9 Å². The predicted molar refractivity (Wildman–Crippen MR) is 101 cm³/mol. The van der Waals surface area contributed by atoms with Crippen LogP contribution < -0.4 is 0 Å². The lowest BCUT2D eigenvalue weighted by molar-refractivity contribution is -0.140. The third kappa shape index (κ3) is 3.69. The molecule has 1 aliphatic rings. The molecule has 1 aromatic heterocycles. The Labute approximate surface area is 165 Å². The molecule has 1 aliphatic heterocycles. The quantitative estimate of drug-likeness (QED) is 0.451. The van der Waals surface area contributed by atoms with Crippen LogP contribution in [0.1, 0.15) is 23.7 Å². The number of amides is 1. The summed E-state index contributed by atoms with van der Waals surface area (Å²) < 4.78 is 0. The van der Waals surface area contributed by atoms with Crippen molar-refractivity contribution in [3.63, 3.8) is 0 Å². The molecule has 2 N–H and O–H groups in total. The van der Waals surface area contributed by atoms with E-state index in [1.54, 1.807) is 18.2 Å². The summed E-state index contributed by atoms with van der Waals surface area (Å²) >= 11 is 12.1. The first kappa shape index (κ1) is 19.4. The Morgan fingerprint density at radius 1 is 1.19 bits per heavy atom. The van der Waals surface area contributed by atoms with Gasteiger partial charge in [-0.3, -0.25) is 14.6 Å². The van der Waals surface area contributed by atoms with Crippen LogP contribution in [0.2, 0.25) is 10.0 Å². The Kier molecular flexibility index (Phi) is 5.79. The normalized spacial score (nSPS) is 18.9. The fourth-order valence-electron chi connectivity index (χ4n) is 3.02. The van der Waals surface area contributed by atoms with Gasteiger partial charge in [-0.2, -0.15) is 0 Å². The molecule has 0 aliphatic carbocycles. The fraction of sp³-hybridized carbons (Fsp3) is 0.211. The van der Waals surface area contributed by atoms with E-state index >= 15 is 0 Å². The van der Waals surface area contributed by atoms with Gasteiger partial charge in [-0.25, -0.2) is 0 Å². The van der Waals surface area contributed by atoms with Crippen LogP contribution in [0.5, 0.6) is 0 Å². The molecule has 27 heavy (non-hydrogen) atoms. The van der Waals surface area contributed by atoms with Crippen molar-refractivity contribution in [2.24, 2.45) is 0 Å².